The summed E-state index contributed by atoms with van der Waals surface area (Å²) in [6, 6.07) is 3.39. The van der Waals surface area contributed by atoms with Crippen molar-refractivity contribution >= 4 is 17.9 Å². The van der Waals surface area contributed by atoms with E-state index in [9.17, 15) is 4.79 Å². The van der Waals surface area contributed by atoms with E-state index >= 15 is 0 Å². The van der Waals surface area contributed by atoms with Crippen molar-refractivity contribution in [3.05, 3.63) is 28.5 Å². The number of hydrogen-bond donors (Lipinski definition) is 0. The maximum atomic E-state index is 11.1. The first-order valence-corrected chi connectivity index (χ1v) is 6.90. The minimum Gasteiger partial charge on any atom is -0.495 e. The number of ether oxygens (including phenoxy) is 2. The third kappa shape index (κ3) is 2.35. The van der Waals surface area contributed by atoms with Gasteiger partial charge >= 0.3 is 0 Å². The van der Waals surface area contributed by atoms with Gasteiger partial charge in [-0.05, 0) is 12.8 Å². The van der Waals surface area contributed by atoms with E-state index in [-0.39, 0.29) is 0 Å². The van der Waals surface area contributed by atoms with Crippen LogP contribution >= 0.6 is 11.6 Å². The molecule has 0 radical (unpaired) electrons. The summed E-state index contributed by atoms with van der Waals surface area (Å²) < 4.78 is 12.2. The number of methoxy groups -OCH3 is 2. The summed E-state index contributed by atoms with van der Waals surface area (Å²) in [5.41, 5.74) is 1.84. The Morgan fingerprint density at radius 2 is 2.00 bits per heavy atom. The Morgan fingerprint density at radius 3 is 2.57 bits per heavy atom. The number of nitrogens with zero attached hydrogens (tertiary/aromatic N) is 3. The number of aldehydes is 1. The van der Waals surface area contributed by atoms with Crippen molar-refractivity contribution < 1.29 is 14.3 Å². The van der Waals surface area contributed by atoms with Crippen LogP contribution in [0.3, 0.4) is 0 Å². The van der Waals surface area contributed by atoms with Gasteiger partial charge in [0.2, 0.25) is 0 Å². The molecule has 1 aliphatic carbocycles. The van der Waals surface area contributed by atoms with E-state index in [1.807, 2.05) is 0 Å². The lowest BCUT2D eigenvalue weighted by Gasteiger charge is -2.13. The summed E-state index contributed by atoms with van der Waals surface area (Å²) in [5, 5.41) is 8.48. The average Bonchev–Trinajstić information content (AvgIpc) is 3.26. The van der Waals surface area contributed by atoms with E-state index in [1.165, 1.54) is 7.11 Å². The molecular weight excluding hydrogens is 294 g/mol. The fourth-order valence-electron chi connectivity index (χ4n) is 2.31. The van der Waals surface area contributed by atoms with Crippen LogP contribution in [0.5, 0.6) is 11.5 Å². The largest absolute Gasteiger partial charge is 0.495 e. The second kappa shape index (κ2) is 5.37. The number of aromatic nitrogens is 3. The molecule has 0 aliphatic heterocycles. The molecule has 0 spiro atoms. The number of rotatable bonds is 5. The molecule has 0 amide bonds. The zero-order valence-electron chi connectivity index (χ0n) is 11.7. The summed E-state index contributed by atoms with van der Waals surface area (Å²) >= 11 is 6.11. The zero-order valence-corrected chi connectivity index (χ0v) is 12.4. The van der Waals surface area contributed by atoms with Crippen LogP contribution in [0, 0.1) is 0 Å². The van der Waals surface area contributed by atoms with E-state index in [0.717, 1.165) is 24.8 Å². The van der Waals surface area contributed by atoms with Gasteiger partial charge in [0, 0.05) is 18.1 Å². The Morgan fingerprint density at radius 1 is 1.29 bits per heavy atom. The predicted molar refractivity (Wildman–Crippen MR) is 76.8 cm³/mol. The van der Waals surface area contributed by atoms with Gasteiger partial charge in [0.15, 0.2) is 6.29 Å². The lowest BCUT2D eigenvalue weighted by Crippen LogP contribution is -2.05. The Labute approximate surface area is 126 Å². The highest BCUT2D eigenvalue weighted by atomic mass is 35.5. The highest BCUT2D eigenvalue weighted by Crippen LogP contribution is 2.43. The summed E-state index contributed by atoms with van der Waals surface area (Å²) in [4.78, 5) is 11.1. The smallest absolute Gasteiger partial charge is 0.172 e. The summed E-state index contributed by atoms with van der Waals surface area (Å²) in [5.74, 6) is 1.37. The van der Waals surface area contributed by atoms with Gasteiger partial charge < -0.3 is 9.47 Å². The molecule has 0 atom stereocenters. The molecule has 3 rings (SSSR count). The number of halogens is 1. The van der Waals surface area contributed by atoms with Gasteiger partial charge in [0.05, 0.1) is 24.9 Å². The second-order valence-corrected chi connectivity index (χ2v) is 5.23. The van der Waals surface area contributed by atoms with Crippen molar-refractivity contribution in [1.82, 2.24) is 15.0 Å². The lowest BCUT2D eigenvalue weighted by atomic mass is 10.2. The molecule has 1 aromatic carbocycles. The standard InChI is InChI=1S/C14H14ClN3O3/c1-20-12-6-11(13(21-2)5-9(12)15)18-14(8-3-4-8)10(7-19)16-17-18/h5-8H,3-4H2,1-2H3. The van der Waals surface area contributed by atoms with Crippen LogP contribution in [-0.4, -0.2) is 35.5 Å². The molecule has 0 bridgehead atoms. The highest BCUT2D eigenvalue weighted by Gasteiger charge is 2.32. The fourth-order valence-corrected chi connectivity index (χ4v) is 2.54. The Bertz CT molecular complexity index is 695. The SMILES string of the molecule is COc1cc(-n2nnc(C=O)c2C2CC2)c(OC)cc1Cl. The maximum Gasteiger partial charge on any atom is 0.172 e. The minimum atomic E-state index is 0.312. The molecule has 1 fully saturated rings. The van der Waals surface area contributed by atoms with Crippen molar-refractivity contribution in [2.75, 3.05) is 14.2 Å². The minimum absolute atomic E-state index is 0.312. The van der Waals surface area contributed by atoms with Gasteiger partial charge in [-0.15, -0.1) is 5.10 Å². The van der Waals surface area contributed by atoms with Crippen LogP contribution in [0.1, 0.15) is 34.9 Å². The molecule has 7 heteroatoms. The first kappa shape index (κ1) is 13.9. The number of carbonyl (C=O) groups excluding carboxylic acids is 1. The number of benzene rings is 1. The third-order valence-corrected chi connectivity index (χ3v) is 3.79. The first-order chi connectivity index (χ1) is 10.2. The summed E-state index contributed by atoms with van der Waals surface area (Å²) in [7, 11) is 3.09. The fraction of sp³-hybridized carbons (Fsp3) is 0.357. The molecule has 110 valence electrons. The van der Waals surface area contributed by atoms with E-state index in [4.69, 9.17) is 21.1 Å². The topological polar surface area (TPSA) is 66.2 Å². The molecule has 21 heavy (non-hydrogen) atoms. The Hall–Kier alpha value is -2.08. The van der Waals surface area contributed by atoms with Crippen LogP contribution < -0.4 is 9.47 Å². The van der Waals surface area contributed by atoms with Crippen LogP contribution in [0.15, 0.2) is 12.1 Å². The van der Waals surface area contributed by atoms with Crippen LogP contribution in [0.4, 0.5) is 0 Å². The molecule has 1 aromatic heterocycles. The monoisotopic (exact) mass is 307 g/mol. The van der Waals surface area contributed by atoms with E-state index in [2.05, 4.69) is 10.3 Å². The van der Waals surface area contributed by atoms with Crippen molar-refractivity contribution in [2.24, 2.45) is 0 Å². The van der Waals surface area contributed by atoms with Gasteiger partial charge in [-0.3, -0.25) is 4.79 Å². The predicted octanol–water partition coefficient (Wildman–Crippen LogP) is 2.63. The normalized spacial score (nSPS) is 14.0. The van der Waals surface area contributed by atoms with Crippen LogP contribution in [-0.2, 0) is 0 Å². The van der Waals surface area contributed by atoms with Crippen LogP contribution in [0.25, 0.3) is 5.69 Å². The van der Waals surface area contributed by atoms with Crippen molar-refractivity contribution in [2.45, 2.75) is 18.8 Å². The maximum absolute atomic E-state index is 11.1. The average molecular weight is 308 g/mol. The highest BCUT2D eigenvalue weighted by molar-refractivity contribution is 6.32. The Balaban J connectivity index is 2.20. The van der Waals surface area contributed by atoms with Gasteiger partial charge in [0.25, 0.3) is 0 Å². The summed E-state index contributed by atoms with van der Waals surface area (Å²) in [6.07, 6.45) is 2.79. The van der Waals surface area contributed by atoms with Gasteiger partial charge in [-0.1, -0.05) is 16.8 Å². The first-order valence-electron chi connectivity index (χ1n) is 6.52. The molecule has 0 N–H and O–H groups in total. The van der Waals surface area contributed by atoms with Gasteiger partial charge in [0.1, 0.15) is 22.9 Å². The molecule has 1 saturated carbocycles. The van der Waals surface area contributed by atoms with Crippen molar-refractivity contribution in [3.8, 4) is 17.2 Å². The molecule has 6 nitrogen and oxygen atoms in total. The molecule has 1 heterocycles. The molecule has 0 unspecified atom stereocenters. The molecular formula is C14H14ClN3O3. The van der Waals surface area contributed by atoms with Crippen LogP contribution in [0.2, 0.25) is 5.02 Å². The van der Waals surface area contributed by atoms with Gasteiger partial charge in [-0.25, -0.2) is 4.68 Å². The van der Waals surface area contributed by atoms with Gasteiger partial charge in [-0.2, -0.15) is 0 Å². The zero-order chi connectivity index (χ0) is 15.0. The van der Waals surface area contributed by atoms with E-state index in [1.54, 1.807) is 23.9 Å². The summed E-state index contributed by atoms with van der Waals surface area (Å²) in [6.45, 7) is 0. The molecule has 2 aromatic rings. The quantitative estimate of drug-likeness (QED) is 0.794. The molecule has 0 saturated heterocycles. The third-order valence-electron chi connectivity index (χ3n) is 3.49. The molecule has 1 aliphatic rings. The second-order valence-electron chi connectivity index (χ2n) is 4.82. The van der Waals surface area contributed by atoms with E-state index in [0.29, 0.717) is 33.8 Å². The van der Waals surface area contributed by atoms with Crippen molar-refractivity contribution in [1.29, 1.82) is 0 Å². The number of hydrogen-bond acceptors (Lipinski definition) is 5. The lowest BCUT2D eigenvalue weighted by molar-refractivity contribution is 0.111. The van der Waals surface area contributed by atoms with Crippen molar-refractivity contribution in [3.63, 3.8) is 0 Å². The Kier molecular flexibility index (Phi) is 3.55. The number of carbonyl (C=O) groups is 1. The van der Waals surface area contributed by atoms with E-state index < -0.39 is 0 Å².